The lowest BCUT2D eigenvalue weighted by atomic mass is 10.2. The first-order valence-corrected chi connectivity index (χ1v) is 2.63. The Bertz CT molecular complexity index is 91.0. The molecule has 0 amide bonds. The molecule has 0 aromatic carbocycles. The summed E-state index contributed by atoms with van der Waals surface area (Å²) in [6, 6.07) is 0. The van der Waals surface area contributed by atoms with Crippen molar-refractivity contribution in [3.8, 4) is 0 Å². The second-order valence-electron chi connectivity index (χ2n) is 1.86. The van der Waals surface area contributed by atoms with Gasteiger partial charge in [-0.25, -0.2) is 4.79 Å². The van der Waals surface area contributed by atoms with Gasteiger partial charge in [0.05, 0.1) is 6.61 Å². The van der Waals surface area contributed by atoms with Crippen LogP contribution < -0.4 is 0 Å². The third-order valence-corrected chi connectivity index (χ3v) is 0.803. The Labute approximate surface area is 53.1 Å². The molecule has 4 heteroatoms. The monoisotopic (exact) mass is 134 g/mol. The second-order valence-corrected chi connectivity index (χ2v) is 1.86. The smallest absolute Gasteiger partial charge is 0.450 e. The van der Waals surface area contributed by atoms with Crippen molar-refractivity contribution in [2.45, 2.75) is 6.92 Å². The maximum atomic E-state index is 9.72. The van der Waals surface area contributed by atoms with Gasteiger partial charge in [-0.2, -0.15) is 0 Å². The van der Waals surface area contributed by atoms with E-state index in [0.29, 0.717) is 0 Å². The van der Waals surface area contributed by atoms with Gasteiger partial charge in [0, 0.05) is 12.5 Å². The molecule has 0 spiro atoms. The van der Waals surface area contributed by atoms with Crippen LogP contribution in [0.15, 0.2) is 0 Å². The first kappa shape index (κ1) is 8.23. The minimum absolute atomic E-state index is 0.0483. The van der Waals surface area contributed by atoms with Gasteiger partial charge in [0.1, 0.15) is 0 Å². The molecular formula is C5H10O4. The number of aliphatic hydroxyl groups excluding tert-OH is 1. The van der Waals surface area contributed by atoms with Crippen LogP contribution in [0.3, 0.4) is 0 Å². The molecule has 2 N–H and O–H groups in total. The van der Waals surface area contributed by atoms with Gasteiger partial charge >= 0.3 is 6.16 Å². The van der Waals surface area contributed by atoms with Crippen LogP contribution >= 0.6 is 0 Å². The first-order valence-electron chi connectivity index (χ1n) is 2.63. The molecule has 0 aliphatic rings. The molecule has 0 fully saturated rings. The van der Waals surface area contributed by atoms with E-state index < -0.39 is 6.16 Å². The number of hydrogen-bond acceptors (Lipinski definition) is 3. The fourth-order valence-corrected chi connectivity index (χ4v) is 0.266. The summed E-state index contributed by atoms with van der Waals surface area (Å²) in [4.78, 5) is 9.72. The average Bonchev–Trinajstić information content (AvgIpc) is 1.83. The van der Waals surface area contributed by atoms with Crippen LogP contribution in [0.1, 0.15) is 6.92 Å². The lowest BCUT2D eigenvalue weighted by Gasteiger charge is -2.04. The van der Waals surface area contributed by atoms with Crippen molar-refractivity contribution in [2.75, 3.05) is 13.2 Å². The van der Waals surface area contributed by atoms with E-state index in [-0.39, 0.29) is 19.1 Å². The van der Waals surface area contributed by atoms with Crippen molar-refractivity contribution in [3.05, 3.63) is 0 Å². The maximum absolute atomic E-state index is 9.72. The summed E-state index contributed by atoms with van der Waals surface area (Å²) < 4.78 is 4.15. The Hall–Kier alpha value is -0.770. The van der Waals surface area contributed by atoms with Crippen molar-refractivity contribution in [3.63, 3.8) is 0 Å². The molecule has 0 aliphatic heterocycles. The molecule has 0 saturated heterocycles. The summed E-state index contributed by atoms with van der Waals surface area (Å²) in [5, 5.41) is 16.3. The van der Waals surface area contributed by atoms with Crippen molar-refractivity contribution >= 4 is 6.16 Å². The zero-order valence-electron chi connectivity index (χ0n) is 5.20. The van der Waals surface area contributed by atoms with Gasteiger partial charge in [0.15, 0.2) is 0 Å². The third kappa shape index (κ3) is 5.10. The molecule has 9 heavy (non-hydrogen) atoms. The number of hydrogen-bond donors (Lipinski definition) is 2. The zero-order chi connectivity index (χ0) is 7.28. The lowest BCUT2D eigenvalue weighted by Crippen LogP contribution is -2.12. The Balaban J connectivity index is 3.16. The Morgan fingerprint density at radius 2 is 2.33 bits per heavy atom. The summed E-state index contributed by atoms with van der Waals surface area (Å²) in [7, 11) is 0. The average molecular weight is 134 g/mol. The largest absolute Gasteiger partial charge is 0.505 e. The number of carbonyl (C=O) groups is 1. The van der Waals surface area contributed by atoms with E-state index in [4.69, 9.17) is 10.2 Å². The Kier molecular flexibility index (Phi) is 3.79. The molecule has 1 atom stereocenters. The quantitative estimate of drug-likeness (QED) is 0.545. The van der Waals surface area contributed by atoms with Crippen LogP contribution in [-0.4, -0.2) is 29.6 Å². The number of carboxylic acid groups (broad SMARTS) is 1. The van der Waals surface area contributed by atoms with E-state index >= 15 is 0 Å². The molecule has 0 bridgehead atoms. The molecule has 54 valence electrons. The van der Waals surface area contributed by atoms with E-state index in [1.165, 1.54) is 0 Å². The molecule has 0 aromatic rings. The molecule has 0 heterocycles. The highest BCUT2D eigenvalue weighted by Gasteiger charge is 2.02. The van der Waals surface area contributed by atoms with E-state index in [2.05, 4.69) is 4.74 Å². The van der Waals surface area contributed by atoms with Gasteiger partial charge in [0.2, 0.25) is 0 Å². The van der Waals surface area contributed by atoms with E-state index in [0.717, 1.165) is 0 Å². The van der Waals surface area contributed by atoms with Crippen LogP contribution in [-0.2, 0) is 4.74 Å². The molecule has 0 aromatic heterocycles. The standard InChI is InChI=1S/C5H10O4/c1-4(2-6)3-9-5(7)8/h4,6H,2-3H2,1H3,(H,7,8). The third-order valence-electron chi connectivity index (χ3n) is 0.803. The predicted octanol–water partition coefficient (Wildman–Crippen LogP) is 0.309. The van der Waals surface area contributed by atoms with Crippen molar-refractivity contribution < 1.29 is 19.7 Å². The fourth-order valence-electron chi connectivity index (χ4n) is 0.266. The van der Waals surface area contributed by atoms with Crippen molar-refractivity contribution in [1.29, 1.82) is 0 Å². The van der Waals surface area contributed by atoms with Crippen LogP contribution in [0.4, 0.5) is 4.79 Å². The zero-order valence-corrected chi connectivity index (χ0v) is 5.20. The summed E-state index contributed by atoms with van der Waals surface area (Å²) in [6.45, 7) is 1.71. The topological polar surface area (TPSA) is 66.8 Å². The van der Waals surface area contributed by atoms with E-state index in [9.17, 15) is 4.79 Å². The molecule has 4 nitrogen and oxygen atoms in total. The second kappa shape index (κ2) is 4.14. The SMILES string of the molecule is CC(CO)COC(=O)O. The highest BCUT2D eigenvalue weighted by molar-refractivity contribution is 5.56. The van der Waals surface area contributed by atoms with Gasteiger partial charge < -0.3 is 14.9 Å². The number of aliphatic hydroxyl groups is 1. The number of ether oxygens (including phenoxy) is 1. The molecule has 0 saturated carbocycles. The summed E-state index contributed by atoms with van der Waals surface area (Å²) in [6.07, 6.45) is -1.30. The maximum Gasteiger partial charge on any atom is 0.505 e. The molecule has 0 aliphatic carbocycles. The Morgan fingerprint density at radius 1 is 1.78 bits per heavy atom. The molecular weight excluding hydrogens is 124 g/mol. The summed E-state index contributed by atoms with van der Waals surface area (Å²) in [5.74, 6) is -0.110. The van der Waals surface area contributed by atoms with Crippen LogP contribution in [0.25, 0.3) is 0 Å². The van der Waals surface area contributed by atoms with Crippen molar-refractivity contribution in [2.24, 2.45) is 5.92 Å². The first-order chi connectivity index (χ1) is 4.16. The minimum atomic E-state index is -1.30. The molecule has 1 unspecified atom stereocenters. The van der Waals surface area contributed by atoms with E-state index in [1.54, 1.807) is 6.92 Å². The van der Waals surface area contributed by atoms with E-state index in [1.807, 2.05) is 0 Å². The minimum Gasteiger partial charge on any atom is -0.450 e. The van der Waals surface area contributed by atoms with Crippen molar-refractivity contribution in [1.82, 2.24) is 0 Å². The van der Waals surface area contributed by atoms with Crippen LogP contribution in [0, 0.1) is 5.92 Å². The van der Waals surface area contributed by atoms with Gasteiger partial charge in [0.25, 0.3) is 0 Å². The highest BCUT2D eigenvalue weighted by atomic mass is 16.7. The van der Waals surface area contributed by atoms with Crippen LogP contribution in [0.2, 0.25) is 0 Å². The fraction of sp³-hybridized carbons (Fsp3) is 0.800. The predicted molar refractivity (Wildman–Crippen MR) is 30.2 cm³/mol. The highest BCUT2D eigenvalue weighted by Crippen LogP contribution is 1.92. The molecule has 0 radical (unpaired) electrons. The van der Waals surface area contributed by atoms with Gasteiger partial charge in [-0.15, -0.1) is 0 Å². The lowest BCUT2D eigenvalue weighted by molar-refractivity contribution is 0.0682. The Morgan fingerprint density at radius 3 is 2.67 bits per heavy atom. The number of rotatable bonds is 3. The van der Waals surface area contributed by atoms with Crippen LogP contribution in [0.5, 0.6) is 0 Å². The normalized spacial score (nSPS) is 12.7. The molecule has 0 rings (SSSR count). The summed E-state index contributed by atoms with van der Waals surface area (Å²) in [5.41, 5.74) is 0. The summed E-state index contributed by atoms with van der Waals surface area (Å²) >= 11 is 0. The van der Waals surface area contributed by atoms with Gasteiger partial charge in [-0.1, -0.05) is 6.92 Å². The van der Waals surface area contributed by atoms with Gasteiger partial charge in [-0.3, -0.25) is 0 Å². The van der Waals surface area contributed by atoms with Gasteiger partial charge in [-0.05, 0) is 0 Å².